The van der Waals surface area contributed by atoms with Crippen LogP contribution in [0.5, 0.6) is 5.88 Å². The molecular weight excluding hydrogens is 188 g/mol. The number of pyridine rings is 1. The van der Waals surface area contributed by atoms with Crippen molar-refractivity contribution in [2.24, 2.45) is 0 Å². The van der Waals surface area contributed by atoms with Crippen LogP contribution in [-0.2, 0) is 0 Å². The summed E-state index contributed by atoms with van der Waals surface area (Å²) in [6, 6.07) is 4.45. The van der Waals surface area contributed by atoms with Crippen molar-refractivity contribution in [1.82, 2.24) is 10.3 Å². The van der Waals surface area contributed by atoms with Crippen molar-refractivity contribution in [2.45, 2.75) is 32.2 Å². The third-order valence-electron chi connectivity index (χ3n) is 2.74. The van der Waals surface area contributed by atoms with Crippen LogP contribution >= 0.6 is 0 Å². The maximum atomic E-state index is 5.65. The minimum Gasteiger partial charge on any atom is -0.476 e. The summed E-state index contributed by atoms with van der Waals surface area (Å²) in [5.74, 6) is 0.738. The molecule has 0 amide bonds. The maximum Gasteiger partial charge on any atom is 0.213 e. The Bertz CT molecular complexity index is 308. The monoisotopic (exact) mass is 206 g/mol. The van der Waals surface area contributed by atoms with Crippen LogP contribution in [0.3, 0.4) is 0 Å². The Hall–Kier alpha value is -1.09. The number of aromatic nitrogens is 1. The first-order chi connectivity index (χ1) is 7.34. The summed E-state index contributed by atoms with van der Waals surface area (Å²) < 4.78 is 5.65. The summed E-state index contributed by atoms with van der Waals surface area (Å²) in [5.41, 5.74) is 1.19. The van der Waals surface area contributed by atoms with E-state index in [-0.39, 0.29) is 0 Å². The number of hydrogen-bond donors (Lipinski definition) is 1. The second-order valence-electron chi connectivity index (χ2n) is 4.13. The molecule has 1 atom stereocenters. The number of hydrogen-bond acceptors (Lipinski definition) is 3. The van der Waals surface area contributed by atoms with Gasteiger partial charge in [-0.15, -0.1) is 0 Å². The van der Waals surface area contributed by atoms with Gasteiger partial charge in [0.2, 0.25) is 5.88 Å². The van der Waals surface area contributed by atoms with Crippen LogP contribution in [0.2, 0.25) is 0 Å². The van der Waals surface area contributed by atoms with Crippen molar-refractivity contribution in [3.8, 4) is 5.88 Å². The predicted octanol–water partition coefficient (Wildman–Crippen LogP) is 1.91. The molecule has 1 aliphatic heterocycles. The zero-order valence-electron chi connectivity index (χ0n) is 9.20. The van der Waals surface area contributed by atoms with E-state index in [0.717, 1.165) is 19.0 Å². The first-order valence-corrected chi connectivity index (χ1v) is 5.63. The highest BCUT2D eigenvalue weighted by atomic mass is 16.5. The van der Waals surface area contributed by atoms with Gasteiger partial charge in [-0.1, -0.05) is 6.42 Å². The second kappa shape index (κ2) is 5.12. The molecule has 1 fully saturated rings. The number of nitrogens with one attached hydrogen (secondary N) is 1. The molecule has 0 radical (unpaired) electrons. The molecule has 15 heavy (non-hydrogen) atoms. The summed E-state index contributed by atoms with van der Waals surface area (Å²) in [6.07, 6.45) is 5.60. The molecule has 0 aliphatic carbocycles. The van der Waals surface area contributed by atoms with Crippen LogP contribution in [0.1, 0.15) is 24.8 Å². The Morgan fingerprint density at radius 2 is 2.47 bits per heavy atom. The summed E-state index contributed by atoms with van der Waals surface area (Å²) >= 11 is 0. The van der Waals surface area contributed by atoms with Gasteiger partial charge in [0.15, 0.2) is 0 Å². The minimum absolute atomic E-state index is 0.501. The van der Waals surface area contributed by atoms with E-state index in [9.17, 15) is 0 Å². The van der Waals surface area contributed by atoms with Crippen molar-refractivity contribution in [3.05, 3.63) is 23.9 Å². The average Bonchev–Trinajstić information content (AvgIpc) is 2.28. The van der Waals surface area contributed by atoms with Gasteiger partial charge in [-0.05, 0) is 37.9 Å². The van der Waals surface area contributed by atoms with Gasteiger partial charge in [0.25, 0.3) is 0 Å². The van der Waals surface area contributed by atoms with E-state index in [1.165, 1.54) is 24.8 Å². The lowest BCUT2D eigenvalue weighted by Crippen LogP contribution is -2.38. The number of rotatable bonds is 3. The standard InChI is InChI=1S/C12H18N2O/c1-10-5-7-14-12(8-10)15-9-11-4-2-3-6-13-11/h5,7-8,11,13H,2-4,6,9H2,1H3/t11-/m0/s1. The number of piperidine rings is 1. The molecule has 1 saturated heterocycles. The van der Waals surface area contributed by atoms with E-state index in [1.807, 2.05) is 19.1 Å². The molecule has 0 aromatic carbocycles. The fraction of sp³-hybridized carbons (Fsp3) is 0.583. The van der Waals surface area contributed by atoms with Crippen LogP contribution in [-0.4, -0.2) is 24.2 Å². The Morgan fingerprint density at radius 3 is 3.20 bits per heavy atom. The molecule has 82 valence electrons. The van der Waals surface area contributed by atoms with Gasteiger partial charge >= 0.3 is 0 Å². The molecule has 0 spiro atoms. The third kappa shape index (κ3) is 3.20. The van der Waals surface area contributed by atoms with E-state index >= 15 is 0 Å². The van der Waals surface area contributed by atoms with Crippen LogP contribution in [0.25, 0.3) is 0 Å². The topological polar surface area (TPSA) is 34.1 Å². The van der Waals surface area contributed by atoms with Crippen LogP contribution in [0, 0.1) is 6.92 Å². The second-order valence-corrected chi connectivity index (χ2v) is 4.13. The molecule has 3 nitrogen and oxygen atoms in total. The van der Waals surface area contributed by atoms with Gasteiger partial charge in [-0.25, -0.2) is 4.98 Å². The number of ether oxygens (including phenoxy) is 1. The average molecular weight is 206 g/mol. The van der Waals surface area contributed by atoms with Gasteiger partial charge in [0.1, 0.15) is 6.61 Å². The largest absolute Gasteiger partial charge is 0.476 e. The van der Waals surface area contributed by atoms with E-state index in [2.05, 4.69) is 10.3 Å². The van der Waals surface area contributed by atoms with Crippen molar-refractivity contribution in [2.75, 3.05) is 13.2 Å². The van der Waals surface area contributed by atoms with Gasteiger partial charge < -0.3 is 10.1 Å². The van der Waals surface area contributed by atoms with E-state index in [0.29, 0.717) is 6.04 Å². The molecule has 1 aromatic rings. The van der Waals surface area contributed by atoms with Crippen LogP contribution in [0.15, 0.2) is 18.3 Å². The zero-order valence-corrected chi connectivity index (χ0v) is 9.20. The first-order valence-electron chi connectivity index (χ1n) is 5.63. The van der Waals surface area contributed by atoms with E-state index < -0.39 is 0 Å². The Balaban J connectivity index is 1.81. The first kappa shape index (κ1) is 10.4. The van der Waals surface area contributed by atoms with Gasteiger partial charge in [-0.2, -0.15) is 0 Å². The molecule has 0 unspecified atom stereocenters. The Morgan fingerprint density at radius 1 is 1.53 bits per heavy atom. The van der Waals surface area contributed by atoms with Crippen LogP contribution < -0.4 is 10.1 Å². The van der Waals surface area contributed by atoms with Crippen molar-refractivity contribution in [3.63, 3.8) is 0 Å². The SMILES string of the molecule is Cc1ccnc(OC[C@@H]2CCCCN2)c1. The Kier molecular flexibility index (Phi) is 3.56. The molecule has 1 aromatic heterocycles. The molecule has 0 saturated carbocycles. The lowest BCUT2D eigenvalue weighted by molar-refractivity contribution is 0.232. The fourth-order valence-electron chi connectivity index (χ4n) is 1.84. The fourth-order valence-corrected chi connectivity index (χ4v) is 1.84. The van der Waals surface area contributed by atoms with Crippen molar-refractivity contribution >= 4 is 0 Å². The highest BCUT2D eigenvalue weighted by molar-refractivity contribution is 5.18. The van der Waals surface area contributed by atoms with Crippen molar-refractivity contribution < 1.29 is 4.74 Å². The summed E-state index contributed by atoms with van der Waals surface area (Å²) in [6.45, 7) is 3.90. The summed E-state index contributed by atoms with van der Waals surface area (Å²) in [5, 5.41) is 3.45. The lowest BCUT2D eigenvalue weighted by Gasteiger charge is -2.23. The lowest BCUT2D eigenvalue weighted by atomic mass is 10.1. The smallest absolute Gasteiger partial charge is 0.213 e. The Labute approximate surface area is 90.9 Å². The molecule has 1 aliphatic rings. The third-order valence-corrected chi connectivity index (χ3v) is 2.74. The summed E-state index contributed by atoms with van der Waals surface area (Å²) in [7, 11) is 0. The molecule has 2 rings (SSSR count). The van der Waals surface area contributed by atoms with E-state index in [4.69, 9.17) is 4.74 Å². The van der Waals surface area contributed by atoms with Crippen molar-refractivity contribution in [1.29, 1.82) is 0 Å². The molecule has 0 bridgehead atoms. The summed E-state index contributed by atoms with van der Waals surface area (Å²) in [4.78, 5) is 4.17. The molecule has 1 N–H and O–H groups in total. The normalized spacial score (nSPS) is 21.3. The van der Waals surface area contributed by atoms with Gasteiger partial charge in [0, 0.05) is 18.3 Å². The highest BCUT2D eigenvalue weighted by Crippen LogP contribution is 2.11. The van der Waals surface area contributed by atoms with Gasteiger partial charge in [0.05, 0.1) is 0 Å². The molecule has 2 heterocycles. The quantitative estimate of drug-likeness (QED) is 0.820. The number of nitrogens with zero attached hydrogens (tertiary/aromatic N) is 1. The highest BCUT2D eigenvalue weighted by Gasteiger charge is 2.12. The zero-order chi connectivity index (χ0) is 10.5. The minimum atomic E-state index is 0.501. The molecule has 3 heteroatoms. The predicted molar refractivity (Wildman–Crippen MR) is 60.1 cm³/mol. The number of aryl methyl sites for hydroxylation is 1. The van der Waals surface area contributed by atoms with E-state index in [1.54, 1.807) is 6.20 Å². The molecular formula is C12H18N2O. The van der Waals surface area contributed by atoms with Gasteiger partial charge in [-0.3, -0.25) is 0 Å². The maximum absolute atomic E-state index is 5.65. The van der Waals surface area contributed by atoms with Crippen LogP contribution in [0.4, 0.5) is 0 Å².